The van der Waals surface area contributed by atoms with Gasteiger partial charge in [0.1, 0.15) is 23.8 Å². The van der Waals surface area contributed by atoms with Crippen molar-refractivity contribution in [1.82, 2.24) is 0 Å². The lowest BCUT2D eigenvalue weighted by Crippen LogP contribution is -2.29. The van der Waals surface area contributed by atoms with Crippen LogP contribution in [-0.4, -0.2) is 42.8 Å². The molecule has 0 atom stereocenters. The lowest BCUT2D eigenvalue weighted by molar-refractivity contribution is -0.114. The summed E-state index contributed by atoms with van der Waals surface area (Å²) in [5.41, 5.74) is 3.17. The normalized spacial score (nSPS) is 10.8. The number of hydrazone groups is 1. The smallest absolute Gasteiger partial charge is 0.279 e. The minimum absolute atomic E-state index is 0.108. The standard InChI is InChI=1S/C19H20N4O6/c1-12(25)18(22-21-16-8-5-14(23-27)11-17(16)28-2)19(26)20-13-3-6-15(7-4-13)29-10-9-24/h3-8,11,21,24H,9-10H2,1-2H3,(H,20,26)/b22-18-. The Balaban J connectivity index is 2.13. The van der Waals surface area contributed by atoms with Crippen molar-refractivity contribution >= 4 is 34.5 Å². The fraction of sp³-hybridized carbons (Fsp3) is 0.211. The van der Waals surface area contributed by atoms with Crippen LogP contribution < -0.4 is 20.2 Å². The summed E-state index contributed by atoms with van der Waals surface area (Å²) in [4.78, 5) is 34.9. The highest BCUT2D eigenvalue weighted by atomic mass is 16.5. The molecule has 2 rings (SSSR count). The van der Waals surface area contributed by atoms with Crippen molar-refractivity contribution in [3.05, 3.63) is 47.4 Å². The molecule has 3 N–H and O–H groups in total. The molecular formula is C19H20N4O6. The van der Waals surface area contributed by atoms with Crippen LogP contribution in [-0.2, 0) is 9.59 Å². The van der Waals surface area contributed by atoms with Crippen molar-refractivity contribution in [1.29, 1.82) is 0 Å². The van der Waals surface area contributed by atoms with Crippen LogP contribution in [0.2, 0.25) is 0 Å². The van der Waals surface area contributed by atoms with E-state index in [1.165, 1.54) is 32.2 Å². The number of ether oxygens (including phenoxy) is 2. The molecule has 0 saturated heterocycles. The number of hydrogen-bond acceptors (Lipinski definition) is 9. The molecule has 1 amide bonds. The zero-order valence-electron chi connectivity index (χ0n) is 15.8. The summed E-state index contributed by atoms with van der Waals surface area (Å²) in [6, 6.07) is 10.7. The Morgan fingerprint density at radius 2 is 1.86 bits per heavy atom. The molecule has 0 saturated carbocycles. The summed E-state index contributed by atoms with van der Waals surface area (Å²) in [5.74, 6) is -0.464. The van der Waals surface area contributed by atoms with E-state index in [-0.39, 0.29) is 30.4 Å². The molecule has 10 heteroatoms. The zero-order chi connectivity index (χ0) is 21.2. The third kappa shape index (κ3) is 6.11. The molecule has 0 aliphatic carbocycles. The summed E-state index contributed by atoms with van der Waals surface area (Å²) in [7, 11) is 1.39. The van der Waals surface area contributed by atoms with Crippen LogP contribution in [0.25, 0.3) is 0 Å². The van der Waals surface area contributed by atoms with Crippen molar-refractivity contribution in [3.8, 4) is 11.5 Å². The highest BCUT2D eigenvalue weighted by Gasteiger charge is 2.17. The van der Waals surface area contributed by atoms with Gasteiger partial charge in [-0.2, -0.15) is 5.10 Å². The third-order valence-electron chi connectivity index (χ3n) is 3.60. The fourth-order valence-corrected chi connectivity index (χ4v) is 2.22. The first-order chi connectivity index (χ1) is 14.0. The predicted molar refractivity (Wildman–Crippen MR) is 108 cm³/mol. The number of methoxy groups -OCH3 is 1. The molecule has 2 aromatic rings. The molecule has 0 unspecified atom stereocenters. The molecule has 0 aliphatic rings. The molecule has 10 nitrogen and oxygen atoms in total. The number of nitrogens with zero attached hydrogens (tertiary/aromatic N) is 2. The molecule has 29 heavy (non-hydrogen) atoms. The topological polar surface area (TPSA) is 139 Å². The monoisotopic (exact) mass is 400 g/mol. The van der Waals surface area contributed by atoms with Gasteiger partial charge in [-0.1, -0.05) is 0 Å². The van der Waals surface area contributed by atoms with E-state index >= 15 is 0 Å². The van der Waals surface area contributed by atoms with Gasteiger partial charge >= 0.3 is 0 Å². The van der Waals surface area contributed by atoms with Gasteiger partial charge in [0.25, 0.3) is 5.91 Å². The van der Waals surface area contributed by atoms with E-state index in [1.54, 1.807) is 24.3 Å². The van der Waals surface area contributed by atoms with E-state index in [4.69, 9.17) is 14.6 Å². The van der Waals surface area contributed by atoms with Crippen LogP contribution in [0.15, 0.2) is 52.7 Å². The third-order valence-corrected chi connectivity index (χ3v) is 3.60. The van der Waals surface area contributed by atoms with Crippen LogP contribution in [0.3, 0.4) is 0 Å². The van der Waals surface area contributed by atoms with Crippen LogP contribution >= 0.6 is 0 Å². The average Bonchev–Trinajstić information content (AvgIpc) is 2.73. The first-order valence-corrected chi connectivity index (χ1v) is 8.49. The van der Waals surface area contributed by atoms with E-state index in [0.29, 0.717) is 17.1 Å². The van der Waals surface area contributed by atoms with Gasteiger partial charge in [-0.05, 0) is 41.6 Å². The van der Waals surface area contributed by atoms with Crippen LogP contribution in [0.5, 0.6) is 11.5 Å². The summed E-state index contributed by atoms with van der Waals surface area (Å²) in [6.45, 7) is 1.26. The number of benzene rings is 2. The van der Waals surface area contributed by atoms with Gasteiger partial charge in [-0.25, -0.2) is 0 Å². The van der Waals surface area contributed by atoms with Gasteiger partial charge in [0.05, 0.1) is 19.4 Å². The second-order valence-corrected chi connectivity index (χ2v) is 5.65. The largest absolute Gasteiger partial charge is 0.494 e. The van der Waals surface area contributed by atoms with E-state index in [1.807, 2.05) is 0 Å². The van der Waals surface area contributed by atoms with Crippen molar-refractivity contribution in [2.24, 2.45) is 10.3 Å². The van der Waals surface area contributed by atoms with E-state index in [2.05, 4.69) is 21.0 Å². The predicted octanol–water partition coefficient (Wildman–Crippen LogP) is 2.46. The van der Waals surface area contributed by atoms with Crippen molar-refractivity contribution < 1.29 is 24.2 Å². The Labute approximate surface area is 166 Å². The van der Waals surface area contributed by atoms with E-state index < -0.39 is 11.7 Å². The highest BCUT2D eigenvalue weighted by molar-refractivity contribution is 6.67. The molecule has 0 fully saturated rings. The number of aliphatic hydroxyl groups excluding tert-OH is 1. The first-order valence-electron chi connectivity index (χ1n) is 8.49. The zero-order valence-corrected chi connectivity index (χ0v) is 15.8. The Morgan fingerprint density at radius 1 is 1.14 bits per heavy atom. The van der Waals surface area contributed by atoms with Crippen molar-refractivity contribution in [2.75, 3.05) is 31.1 Å². The molecule has 0 heterocycles. The quantitative estimate of drug-likeness (QED) is 0.241. The van der Waals surface area contributed by atoms with E-state index in [0.717, 1.165) is 0 Å². The van der Waals surface area contributed by atoms with Gasteiger partial charge in [-0.3, -0.25) is 15.0 Å². The first kappa shape index (κ1) is 21.5. The SMILES string of the molecule is COc1cc(N=O)ccc1N/N=C(/C(C)=O)C(=O)Nc1ccc(OCCO)cc1. The lowest BCUT2D eigenvalue weighted by atomic mass is 10.2. The summed E-state index contributed by atoms with van der Waals surface area (Å²) in [5, 5.41) is 18.0. The minimum atomic E-state index is -0.709. The average molecular weight is 400 g/mol. The number of Topliss-reactive ketones (excluding diaryl/α,β-unsaturated/α-hetero) is 1. The number of carbonyl (C=O) groups is 2. The molecular weight excluding hydrogens is 380 g/mol. The van der Waals surface area contributed by atoms with Crippen molar-refractivity contribution in [2.45, 2.75) is 6.92 Å². The molecule has 0 spiro atoms. The second-order valence-electron chi connectivity index (χ2n) is 5.65. The number of carbonyl (C=O) groups excluding carboxylic acids is 2. The number of anilines is 2. The Hall–Kier alpha value is -3.79. The molecule has 2 aromatic carbocycles. The maximum absolute atomic E-state index is 12.4. The summed E-state index contributed by atoms with van der Waals surface area (Å²) >= 11 is 0. The molecule has 0 bridgehead atoms. The lowest BCUT2D eigenvalue weighted by Gasteiger charge is -2.10. The molecule has 152 valence electrons. The highest BCUT2D eigenvalue weighted by Crippen LogP contribution is 2.29. The van der Waals surface area contributed by atoms with Gasteiger partial charge in [-0.15, -0.1) is 4.91 Å². The number of nitrogens with one attached hydrogen (secondary N) is 2. The van der Waals surface area contributed by atoms with E-state index in [9.17, 15) is 14.5 Å². The number of rotatable bonds is 10. The maximum atomic E-state index is 12.4. The number of amides is 1. The molecule has 0 aromatic heterocycles. The van der Waals surface area contributed by atoms with Crippen LogP contribution in [0, 0.1) is 4.91 Å². The Bertz CT molecular complexity index is 911. The Morgan fingerprint density at radius 3 is 2.45 bits per heavy atom. The number of nitroso groups, excluding NO2 is 1. The summed E-state index contributed by atoms with van der Waals surface area (Å²) < 4.78 is 10.4. The second kappa shape index (κ2) is 10.5. The number of aliphatic hydroxyl groups is 1. The van der Waals surface area contributed by atoms with Gasteiger partial charge in [0.2, 0.25) is 0 Å². The van der Waals surface area contributed by atoms with Crippen LogP contribution in [0.4, 0.5) is 17.1 Å². The van der Waals surface area contributed by atoms with Gasteiger partial charge in [0, 0.05) is 18.7 Å². The minimum Gasteiger partial charge on any atom is -0.494 e. The maximum Gasteiger partial charge on any atom is 0.279 e. The molecule has 0 radical (unpaired) electrons. The van der Waals surface area contributed by atoms with Gasteiger partial charge in [0.15, 0.2) is 11.5 Å². The van der Waals surface area contributed by atoms with Crippen molar-refractivity contribution in [3.63, 3.8) is 0 Å². The molecule has 0 aliphatic heterocycles. The number of ketones is 1. The Kier molecular flexibility index (Phi) is 7.80. The summed E-state index contributed by atoms with van der Waals surface area (Å²) in [6.07, 6.45) is 0. The fourth-order valence-electron chi connectivity index (χ4n) is 2.22. The number of hydrogen-bond donors (Lipinski definition) is 3. The van der Waals surface area contributed by atoms with Crippen LogP contribution in [0.1, 0.15) is 6.92 Å². The van der Waals surface area contributed by atoms with Gasteiger partial charge < -0.3 is 19.9 Å².